The third-order valence-electron chi connectivity index (χ3n) is 3.51. The molecule has 0 bridgehead atoms. The highest BCUT2D eigenvalue weighted by atomic mass is 127. The zero-order valence-corrected chi connectivity index (χ0v) is 14.2. The maximum Gasteiger partial charge on any atom is 0.321 e. The Morgan fingerprint density at radius 2 is 2.24 bits per heavy atom. The van der Waals surface area contributed by atoms with Crippen LogP contribution in [-0.2, 0) is 4.79 Å². The molecule has 114 valence electrons. The number of carboxylic acid groups (broad SMARTS) is 1. The number of urea groups is 1. The van der Waals surface area contributed by atoms with E-state index in [1.54, 1.807) is 17.0 Å². The molecular weight excluding hydrogens is 407 g/mol. The summed E-state index contributed by atoms with van der Waals surface area (Å²) in [6.45, 7) is 1.25. The van der Waals surface area contributed by atoms with Crippen LogP contribution in [0, 0.1) is 9.49 Å². The van der Waals surface area contributed by atoms with Crippen LogP contribution in [0.25, 0.3) is 0 Å². The second-order valence-corrected chi connectivity index (χ2v) is 6.74. The minimum absolute atomic E-state index is 0.156. The van der Waals surface area contributed by atoms with Crippen molar-refractivity contribution in [3.8, 4) is 0 Å². The van der Waals surface area contributed by atoms with Crippen LogP contribution in [0.15, 0.2) is 18.2 Å². The van der Waals surface area contributed by atoms with Gasteiger partial charge in [0.2, 0.25) is 0 Å². The van der Waals surface area contributed by atoms with Gasteiger partial charge in [-0.15, -0.1) is 0 Å². The number of benzene rings is 1. The van der Waals surface area contributed by atoms with Gasteiger partial charge in [-0.25, -0.2) is 4.79 Å². The maximum absolute atomic E-state index is 12.2. The SMILES string of the molecule is O=C(O)CCC1CCN(C(=O)Nc2ccc(I)cc2Cl)C1. The normalized spacial score (nSPS) is 17.8. The zero-order chi connectivity index (χ0) is 15.4. The van der Waals surface area contributed by atoms with Crippen LogP contribution in [-0.4, -0.2) is 35.1 Å². The molecule has 1 atom stereocenters. The number of hydrogen-bond acceptors (Lipinski definition) is 2. The van der Waals surface area contributed by atoms with Crippen molar-refractivity contribution < 1.29 is 14.7 Å². The van der Waals surface area contributed by atoms with E-state index in [0.29, 0.717) is 30.2 Å². The molecule has 7 heteroatoms. The molecule has 0 radical (unpaired) electrons. The van der Waals surface area contributed by atoms with Crippen molar-refractivity contribution in [3.63, 3.8) is 0 Å². The molecule has 2 N–H and O–H groups in total. The summed E-state index contributed by atoms with van der Waals surface area (Å²) in [7, 11) is 0. The highest BCUT2D eigenvalue weighted by Gasteiger charge is 2.26. The molecule has 0 aromatic heterocycles. The van der Waals surface area contributed by atoms with Crippen LogP contribution in [0.4, 0.5) is 10.5 Å². The van der Waals surface area contributed by atoms with Gasteiger partial charge in [0.25, 0.3) is 0 Å². The van der Waals surface area contributed by atoms with Crippen LogP contribution in [0.1, 0.15) is 19.3 Å². The number of amides is 2. The summed E-state index contributed by atoms with van der Waals surface area (Å²) in [6, 6.07) is 5.26. The third kappa shape index (κ3) is 4.74. The summed E-state index contributed by atoms with van der Waals surface area (Å²) in [6.07, 6.45) is 1.62. The number of anilines is 1. The predicted molar refractivity (Wildman–Crippen MR) is 89.7 cm³/mol. The maximum atomic E-state index is 12.2. The van der Waals surface area contributed by atoms with Crippen LogP contribution < -0.4 is 5.32 Å². The lowest BCUT2D eigenvalue weighted by molar-refractivity contribution is -0.137. The fourth-order valence-corrected chi connectivity index (χ4v) is 3.27. The zero-order valence-electron chi connectivity index (χ0n) is 11.3. The number of carbonyl (C=O) groups excluding carboxylic acids is 1. The lowest BCUT2D eigenvalue weighted by atomic mass is 10.0. The fraction of sp³-hybridized carbons (Fsp3) is 0.429. The molecule has 1 aliphatic rings. The van der Waals surface area contributed by atoms with Gasteiger partial charge in [-0.05, 0) is 59.5 Å². The van der Waals surface area contributed by atoms with E-state index in [9.17, 15) is 9.59 Å². The van der Waals surface area contributed by atoms with Gasteiger partial charge in [-0.1, -0.05) is 11.6 Å². The number of nitrogens with one attached hydrogen (secondary N) is 1. The van der Waals surface area contributed by atoms with E-state index >= 15 is 0 Å². The Bertz CT molecular complexity index is 553. The van der Waals surface area contributed by atoms with Crippen LogP contribution in [0.2, 0.25) is 5.02 Å². The first kappa shape index (κ1) is 16.4. The number of halogens is 2. The molecule has 0 aliphatic carbocycles. The number of nitrogens with zero attached hydrogens (tertiary/aromatic N) is 1. The molecule has 1 heterocycles. The Labute approximate surface area is 141 Å². The van der Waals surface area contributed by atoms with Gasteiger partial charge in [-0.3, -0.25) is 4.79 Å². The quantitative estimate of drug-likeness (QED) is 0.728. The monoisotopic (exact) mass is 422 g/mol. The molecule has 1 fully saturated rings. The van der Waals surface area contributed by atoms with Gasteiger partial charge in [0.15, 0.2) is 0 Å². The summed E-state index contributed by atoms with van der Waals surface area (Å²) in [5, 5.41) is 12.0. The van der Waals surface area contributed by atoms with Gasteiger partial charge < -0.3 is 15.3 Å². The standard InChI is InChI=1S/C14H16ClIN2O3/c15-11-7-10(16)2-3-12(11)17-14(21)18-6-5-9(8-18)1-4-13(19)20/h2-3,7,9H,1,4-6,8H2,(H,17,21)(H,19,20). The average Bonchev–Trinajstić information content (AvgIpc) is 2.88. The largest absolute Gasteiger partial charge is 0.481 e. The molecule has 21 heavy (non-hydrogen) atoms. The second kappa shape index (κ2) is 7.31. The highest BCUT2D eigenvalue weighted by Crippen LogP contribution is 2.26. The van der Waals surface area contributed by atoms with Crippen molar-refractivity contribution in [1.29, 1.82) is 0 Å². The van der Waals surface area contributed by atoms with Gasteiger partial charge in [0, 0.05) is 23.1 Å². The summed E-state index contributed by atoms with van der Waals surface area (Å²) >= 11 is 8.25. The number of rotatable bonds is 4. The van der Waals surface area contributed by atoms with Gasteiger partial charge >= 0.3 is 12.0 Å². The number of hydrogen-bond donors (Lipinski definition) is 2. The molecule has 2 amide bonds. The van der Waals surface area contributed by atoms with E-state index in [2.05, 4.69) is 27.9 Å². The van der Waals surface area contributed by atoms with Crippen LogP contribution in [0.5, 0.6) is 0 Å². The van der Waals surface area contributed by atoms with Gasteiger partial charge in [-0.2, -0.15) is 0 Å². The minimum Gasteiger partial charge on any atom is -0.481 e. The molecule has 1 saturated heterocycles. The van der Waals surface area contributed by atoms with Gasteiger partial charge in [0.1, 0.15) is 0 Å². The molecular formula is C14H16ClIN2O3. The summed E-state index contributed by atoms with van der Waals surface area (Å²) in [5.41, 5.74) is 0.594. The Morgan fingerprint density at radius 3 is 2.90 bits per heavy atom. The number of aliphatic carboxylic acids is 1. The van der Waals surface area contributed by atoms with Crippen molar-refractivity contribution >= 4 is 51.9 Å². The first-order valence-electron chi connectivity index (χ1n) is 6.68. The fourth-order valence-electron chi connectivity index (χ4n) is 2.37. The van der Waals surface area contributed by atoms with Crippen LogP contribution >= 0.6 is 34.2 Å². The molecule has 0 spiro atoms. The second-order valence-electron chi connectivity index (χ2n) is 5.09. The Hall–Kier alpha value is -1.02. The Kier molecular flexibility index (Phi) is 5.69. The Balaban J connectivity index is 1.88. The number of likely N-dealkylation sites (tertiary alicyclic amines) is 1. The number of carbonyl (C=O) groups is 2. The first-order chi connectivity index (χ1) is 9.95. The lowest BCUT2D eigenvalue weighted by Gasteiger charge is -2.18. The Morgan fingerprint density at radius 1 is 1.48 bits per heavy atom. The van der Waals surface area contributed by atoms with Crippen LogP contribution in [0.3, 0.4) is 0 Å². The van der Waals surface area contributed by atoms with E-state index < -0.39 is 5.97 Å². The van der Waals surface area contributed by atoms with Crippen molar-refractivity contribution in [2.75, 3.05) is 18.4 Å². The molecule has 1 unspecified atom stereocenters. The first-order valence-corrected chi connectivity index (χ1v) is 8.14. The average molecular weight is 423 g/mol. The third-order valence-corrected chi connectivity index (χ3v) is 4.50. The molecule has 1 aliphatic heterocycles. The van der Waals surface area contributed by atoms with Crippen molar-refractivity contribution in [3.05, 3.63) is 26.8 Å². The van der Waals surface area contributed by atoms with Crippen molar-refractivity contribution in [2.24, 2.45) is 5.92 Å². The van der Waals surface area contributed by atoms with E-state index in [1.807, 2.05) is 6.07 Å². The minimum atomic E-state index is -0.788. The molecule has 5 nitrogen and oxygen atoms in total. The molecule has 1 aromatic rings. The van der Waals surface area contributed by atoms with E-state index in [0.717, 1.165) is 9.99 Å². The number of carboxylic acids is 1. The molecule has 1 aromatic carbocycles. The van der Waals surface area contributed by atoms with E-state index in [1.165, 1.54) is 0 Å². The summed E-state index contributed by atoms with van der Waals surface area (Å²) < 4.78 is 1.01. The van der Waals surface area contributed by atoms with Gasteiger partial charge in [0.05, 0.1) is 10.7 Å². The molecule has 2 rings (SSSR count). The highest BCUT2D eigenvalue weighted by molar-refractivity contribution is 14.1. The van der Waals surface area contributed by atoms with Crippen molar-refractivity contribution in [2.45, 2.75) is 19.3 Å². The topological polar surface area (TPSA) is 69.6 Å². The smallest absolute Gasteiger partial charge is 0.321 e. The van der Waals surface area contributed by atoms with E-state index in [4.69, 9.17) is 16.7 Å². The summed E-state index contributed by atoms with van der Waals surface area (Å²) in [4.78, 5) is 24.5. The van der Waals surface area contributed by atoms with E-state index in [-0.39, 0.29) is 18.4 Å². The summed E-state index contributed by atoms with van der Waals surface area (Å²) in [5.74, 6) is -0.525. The molecule has 0 saturated carbocycles. The lowest BCUT2D eigenvalue weighted by Crippen LogP contribution is -2.33. The van der Waals surface area contributed by atoms with Crippen molar-refractivity contribution in [1.82, 2.24) is 4.90 Å². The predicted octanol–water partition coefficient (Wildman–Crippen LogP) is 3.66.